The number of imidazole rings is 1. The number of hydrogen-bond acceptors (Lipinski definition) is 3. The summed E-state index contributed by atoms with van der Waals surface area (Å²) in [6, 6.07) is 8.70. The number of hydrogen-bond donors (Lipinski definition) is 1. The van der Waals surface area contributed by atoms with Crippen molar-refractivity contribution in [2.24, 2.45) is 4.99 Å². The molecule has 6 heteroatoms. The fraction of sp³-hybridized carbons (Fsp3) is 0.500. The highest BCUT2D eigenvalue weighted by atomic mass is 16.5. The molecule has 0 saturated carbocycles. The Morgan fingerprint density at radius 2 is 1.96 bits per heavy atom. The summed E-state index contributed by atoms with van der Waals surface area (Å²) in [5, 5.41) is 3.49. The average molecular weight is 355 g/mol. The first-order valence-electron chi connectivity index (χ1n) is 9.39. The molecule has 6 nitrogen and oxygen atoms in total. The molecule has 0 radical (unpaired) electrons. The van der Waals surface area contributed by atoms with E-state index in [1.807, 2.05) is 19.6 Å². The molecule has 3 rings (SSSR count). The zero-order valence-corrected chi connectivity index (χ0v) is 15.8. The van der Waals surface area contributed by atoms with Crippen LogP contribution in [0, 0.1) is 0 Å². The first-order valence-corrected chi connectivity index (χ1v) is 9.39. The molecular weight excluding hydrogens is 326 g/mol. The molecule has 1 aromatic carbocycles. The van der Waals surface area contributed by atoms with Gasteiger partial charge in [-0.15, -0.1) is 0 Å². The second kappa shape index (κ2) is 9.38. The maximum absolute atomic E-state index is 5.73. The van der Waals surface area contributed by atoms with Crippen molar-refractivity contribution in [2.45, 2.75) is 39.0 Å². The van der Waals surface area contributed by atoms with E-state index < -0.39 is 0 Å². The first-order chi connectivity index (χ1) is 12.8. The lowest BCUT2D eigenvalue weighted by molar-refractivity contribution is 0.0263. The van der Waals surface area contributed by atoms with E-state index >= 15 is 0 Å². The SMILES string of the molecule is CCOC1CCN(C(=NC)NCc2ccc(Cn3ccnc3)cc2)CC1. The van der Waals surface area contributed by atoms with Crippen molar-refractivity contribution < 1.29 is 4.74 Å². The van der Waals surface area contributed by atoms with Gasteiger partial charge in [0, 0.05) is 52.2 Å². The van der Waals surface area contributed by atoms with Gasteiger partial charge in [0.25, 0.3) is 0 Å². The van der Waals surface area contributed by atoms with Crippen LogP contribution < -0.4 is 5.32 Å². The quantitative estimate of drug-likeness (QED) is 0.639. The van der Waals surface area contributed by atoms with Gasteiger partial charge in [0.05, 0.1) is 12.4 Å². The standard InChI is InChI=1S/C20H29N5O/c1-3-26-19-8-11-25(12-9-19)20(21-2)23-14-17-4-6-18(7-5-17)15-24-13-10-22-16-24/h4-7,10,13,16,19H,3,8-9,11-12,14-15H2,1-2H3,(H,21,23). The van der Waals surface area contributed by atoms with Crippen molar-refractivity contribution in [3.8, 4) is 0 Å². The summed E-state index contributed by atoms with van der Waals surface area (Å²) in [7, 11) is 1.85. The molecule has 1 N–H and O–H groups in total. The number of benzene rings is 1. The maximum atomic E-state index is 5.73. The summed E-state index contributed by atoms with van der Waals surface area (Å²) in [5.41, 5.74) is 2.53. The number of likely N-dealkylation sites (tertiary alicyclic amines) is 1. The van der Waals surface area contributed by atoms with Gasteiger partial charge >= 0.3 is 0 Å². The van der Waals surface area contributed by atoms with Crippen LogP contribution in [-0.4, -0.2) is 53.3 Å². The van der Waals surface area contributed by atoms with E-state index in [4.69, 9.17) is 4.74 Å². The minimum atomic E-state index is 0.400. The lowest BCUT2D eigenvalue weighted by Crippen LogP contribution is -2.46. The number of guanidine groups is 1. The number of rotatable bonds is 6. The molecule has 0 spiro atoms. The van der Waals surface area contributed by atoms with Crippen LogP contribution in [0.2, 0.25) is 0 Å². The average Bonchev–Trinajstić information content (AvgIpc) is 3.18. The fourth-order valence-corrected chi connectivity index (χ4v) is 3.34. The summed E-state index contributed by atoms with van der Waals surface area (Å²) in [4.78, 5) is 10.8. The summed E-state index contributed by atoms with van der Waals surface area (Å²) in [5.74, 6) is 0.974. The summed E-state index contributed by atoms with van der Waals surface area (Å²) in [6.45, 7) is 6.48. The Balaban J connectivity index is 1.48. The fourth-order valence-electron chi connectivity index (χ4n) is 3.34. The zero-order chi connectivity index (χ0) is 18.2. The Morgan fingerprint density at radius 3 is 2.58 bits per heavy atom. The highest BCUT2D eigenvalue weighted by molar-refractivity contribution is 5.79. The third kappa shape index (κ3) is 5.08. The van der Waals surface area contributed by atoms with Crippen molar-refractivity contribution >= 4 is 5.96 Å². The monoisotopic (exact) mass is 355 g/mol. The van der Waals surface area contributed by atoms with Crippen LogP contribution in [0.3, 0.4) is 0 Å². The number of aliphatic imine (C=N–C) groups is 1. The minimum Gasteiger partial charge on any atom is -0.378 e. The second-order valence-corrected chi connectivity index (χ2v) is 6.59. The van der Waals surface area contributed by atoms with Gasteiger partial charge in [-0.05, 0) is 30.9 Å². The molecule has 1 saturated heterocycles. The normalized spacial score (nSPS) is 16.1. The van der Waals surface area contributed by atoms with E-state index in [0.717, 1.165) is 51.6 Å². The molecule has 0 aliphatic carbocycles. The van der Waals surface area contributed by atoms with Gasteiger partial charge in [-0.3, -0.25) is 4.99 Å². The van der Waals surface area contributed by atoms with Crippen LogP contribution in [0.1, 0.15) is 30.9 Å². The molecule has 2 aromatic rings. The second-order valence-electron chi connectivity index (χ2n) is 6.59. The summed E-state index contributed by atoms with van der Waals surface area (Å²) >= 11 is 0. The number of nitrogens with zero attached hydrogens (tertiary/aromatic N) is 4. The maximum Gasteiger partial charge on any atom is 0.193 e. The Bertz CT molecular complexity index is 673. The molecule has 2 heterocycles. The first kappa shape index (κ1) is 18.5. The molecule has 0 unspecified atom stereocenters. The predicted octanol–water partition coefficient (Wildman–Crippen LogP) is 2.51. The largest absolute Gasteiger partial charge is 0.378 e. The topological polar surface area (TPSA) is 54.7 Å². The minimum absolute atomic E-state index is 0.400. The molecule has 1 fully saturated rings. The molecule has 140 valence electrons. The van der Waals surface area contributed by atoms with Crippen molar-refractivity contribution in [3.63, 3.8) is 0 Å². The summed E-state index contributed by atoms with van der Waals surface area (Å²) < 4.78 is 7.80. The van der Waals surface area contributed by atoms with Crippen molar-refractivity contribution in [1.29, 1.82) is 0 Å². The molecule has 0 amide bonds. The van der Waals surface area contributed by atoms with E-state index in [0.29, 0.717) is 6.10 Å². The predicted molar refractivity (Wildman–Crippen MR) is 104 cm³/mol. The van der Waals surface area contributed by atoms with Gasteiger partial charge in [0.15, 0.2) is 5.96 Å². The van der Waals surface area contributed by atoms with Crippen LogP contribution in [0.5, 0.6) is 0 Å². The van der Waals surface area contributed by atoms with Crippen LogP contribution in [0.4, 0.5) is 0 Å². The third-order valence-electron chi connectivity index (χ3n) is 4.75. The van der Waals surface area contributed by atoms with E-state index in [2.05, 4.69) is 55.9 Å². The molecular formula is C20H29N5O. The Kier molecular flexibility index (Phi) is 6.66. The Morgan fingerprint density at radius 1 is 1.23 bits per heavy atom. The molecule has 0 atom stereocenters. The highest BCUT2D eigenvalue weighted by Gasteiger charge is 2.21. The molecule has 26 heavy (non-hydrogen) atoms. The smallest absolute Gasteiger partial charge is 0.193 e. The lowest BCUT2D eigenvalue weighted by Gasteiger charge is -2.34. The van der Waals surface area contributed by atoms with Crippen LogP contribution in [0.15, 0.2) is 48.0 Å². The van der Waals surface area contributed by atoms with Crippen molar-refractivity contribution in [1.82, 2.24) is 19.8 Å². The van der Waals surface area contributed by atoms with E-state index in [9.17, 15) is 0 Å². The van der Waals surface area contributed by atoms with Crippen molar-refractivity contribution in [2.75, 3.05) is 26.7 Å². The van der Waals surface area contributed by atoms with E-state index in [-0.39, 0.29) is 0 Å². The van der Waals surface area contributed by atoms with Gasteiger partial charge in [-0.25, -0.2) is 4.98 Å². The summed E-state index contributed by atoms with van der Waals surface area (Å²) in [6.07, 6.45) is 8.16. The van der Waals surface area contributed by atoms with Crippen molar-refractivity contribution in [3.05, 3.63) is 54.1 Å². The van der Waals surface area contributed by atoms with Crippen LogP contribution in [-0.2, 0) is 17.8 Å². The van der Waals surface area contributed by atoms with Gasteiger partial charge in [-0.2, -0.15) is 0 Å². The van der Waals surface area contributed by atoms with Crippen LogP contribution >= 0.6 is 0 Å². The Hall–Kier alpha value is -2.34. The lowest BCUT2D eigenvalue weighted by atomic mass is 10.1. The number of ether oxygens (including phenoxy) is 1. The van der Waals surface area contributed by atoms with Gasteiger partial charge in [-0.1, -0.05) is 24.3 Å². The molecule has 1 aliphatic rings. The molecule has 1 aromatic heterocycles. The van der Waals surface area contributed by atoms with Gasteiger partial charge in [0.2, 0.25) is 0 Å². The van der Waals surface area contributed by atoms with E-state index in [1.165, 1.54) is 11.1 Å². The molecule has 1 aliphatic heterocycles. The van der Waals surface area contributed by atoms with Gasteiger partial charge in [0.1, 0.15) is 0 Å². The van der Waals surface area contributed by atoms with E-state index in [1.54, 1.807) is 6.20 Å². The number of aromatic nitrogens is 2. The number of nitrogens with one attached hydrogen (secondary N) is 1. The third-order valence-corrected chi connectivity index (χ3v) is 4.75. The highest BCUT2D eigenvalue weighted by Crippen LogP contribution is 2.14. The molecule has 0 bridgehead atoms. The zero-order valence-electron chi connectivity index (χ0n) is 15.8. The van der Waals surface area contributed by atoms with Gasteiger partial charge < -0.3 is 19.5 Å². The number of piperidine rings is 1. The van der Waals surface area contributed by atoms with Crippen LogP contribution in [0.25, 0.3) is 0 Å². The Labute approximate surface area is 155 Å².